The molecule has 0 aliphatic rings. The molecule has 1 atom stereocenters. The fourth-order valence-electron chi connectivity index (χ4n) is 2.83. The number of nitrogens with zero attached hydrogens (tertiary/aromatic N) is 1. The maximum Gasteiger partial charge on any atom is 0.265 e. The molecule has 3 aromatic rings. The van der Waals surface area contributed by atoms with Crippen LogP contribution in [0.25, 0.3) is 0 Å². The quantitative estimate of drug-likeness (QED) is 0.660. The van der Waals surface area contributed by atoms with Gasteiger partial charge >= 0.3 is 0 Å². The number of hydrogen-bond donors (Lipinski definition) is 1. The van der Waals surface area contributed by atoms with Gasteiger partial charge in [-0.2, -0.15) is 0 Å². The average molecular weight is 360 g/mol. The number of amides is 1. The third-order valence-electron chi connectivity index (χ3n) is 4.41. The van der Waals surface area contributed by atoms with E-state index >= 15 is 0 Å². The molecule has 0 fully saturated rings. The lowest BCUT2D eigenvalue weighted by Crippen LogP contribution is -2.32. The van der Waals surface area contributed by atoms with Gasteiger partial charge in [0.15, 0.2) is 6.10 Å². The van der Waals surface area contributed by atoms with E-state index in [0.717, 1.165) is 23.4 Å². The number of ether oxygens (including phenoxy) is 1. The summed E-state index contributed by atoms with van der Waals surface area (Å²) >= 11 is 0. The summed E-state index contributed by atoms with van der Waals surface area (Å²) in [6, 6.07) is 19.6. The predicted molar refractivity (Wildman–Crippen MR) is 108 cm³/mol. The molecule has 2 aromatic carbocycles. The lowest BCUT2D eigenvalue weighted by molar-refractivity contribution is -0.122. The number of carbonyl (C=O) groups excluding carboxylic acids is 1. The van der Waals surface area contributed by atoms with E-state index in [9.17, 15) is 4.79 Å². The molecule has 0 spiro atoms. The number of rotatable bonds is 7. The molecule has 0 aliphatic heterocycles. The van der Waals surface area contributed by atoms with Crippen molar-refractivity contribution in [2.45, 2.75) is 32.8 Å². The third-order valence-corrected chi connectivity index (χ3v) is 4.41. The van der Waals surface area contributed by atoms with Gasteiger partial charge in [0.2, 0.25) is 0 Å². The van der Waals surface area contributed by atoms with Gasteiger partial charge in [-0.15, -0.1) is 0 Å². The van der Waals surface area contributed by atoms with Gasteiger partial charge in [-0.1, -0.05) is 37.3 Å². The fraction of sp³-hybridized carbons (Fsp3) is 0.217. The monoisotopic (exact) mass is 360 g/mol. The van der Waals surface area contributed by atoms with E-state index in [2.05, 4.69) is 10.3 Å². The zero-order valence-electron chi connectivity index (χ0n) is 15.7. The van der Waals surface area contributed by atoms with E-state index in [1.165, 1.54) is 11.1 Å². The second-order valence-electron chi connectivity index (χ2n) is 6.50. The molecule has 27 heavy (non-hydrogen) atoms. The number of para-hydroxylation sites is 1. The first-order chi connectivity index (χ1) is 13.2. The van der Waals surface area contributed by atoms with Gasteiger partial charge in [-0.05, 0) is 66.8 Å². The molecular formula is C23H24N2O2. The average Bonchev–Trinajstić information content (AvgIpc) is 2.69. The topological polar surface area (TPSA) is 51.2 Å². The standard InChI is InChI=1S/C23H24N2O2/c1-3-21(27-22-7-5-4-6-17(22)2)23(26)25-20-10-8-18(9-11-20)16-19-12-14-24-15-13-19/h4-15,21H,3,16H2,1-2H3,(H,25,26)/t21-/m0/s1. The van der Waals surface area contributed by atoms with Crippen LogP contribution in [0, 0.1) is 6.92 Å². The Labute approximate surface area is 160 Å². The highest BCUT2D eigenvalue weighted by Crippen LogP contribution is 2.20. The Morgan fingerprint density at radius 3 is 2.33 bits per heavy atom. The summed E-state index contributed by atoms with van der Waals surface area (Å²) < 4.78 is 5.91. The lowest BCUT2D eigenvalue weighted by atomic mass is 10.1. The van der Waals surface area contributed by atoms with Gasteiger partial charge in [0.1, 0.15) is 5.75 Å². The molecule has 0 unspecified atom stereocenters. The summed E-state index contributed by atoms with van der Waals surface area (Å²) in [5.41, 5.74) is 4.18. The minimum Gasteiger partial charge on any atom is -0.480 e. The number of hydrogen-bond acceptors (Lipinski definition) is 3. The summed E-state index contributed by atoms with van der Waals surface area (Å²) in [5.74, 6) is 0.606. The van der Waals surface area contributed by atoms with E-state index in [-0.39, 0.29) is 5.91 Å². The van der Waals surface area contributed by atoms with Gasteiger partial charge in [-0.25, -0.2) is 0 Å². The summed E-state index contributed by atoms with van der Waals surface area (Å²) in [7, 11) is 0. The van der Waals surface area contributed by atoms with E-state index in [1.54, 1.807) is 12.4 Å². The van der Waals surface area contributed by atoms with Crippen LogP contribution in [-0.4, -0.2) is 17.0 Å². The number of carbonyl (C=O) groups is 1. The lowest BCUT2D eigenvalue weighted by Gasteiger charge is -2.18. The minimum atomic E-state index is -0.525. The van der Waals surface area contributed by atoms with E-state index in [1.807, 2.05) is 74.5 Å². The second kappa shape index (κ2) is 8.99. The first-order valence-corrected chi connectivity index (χ1v) is 9.16. The van der Waals surface area contributed by atoms with Crippen molar-refractivity contribution in [3.63, 3.8) is 0 Å². The molecule has 1 heterocycles. The molecule has 1 aromatic heterocycles. The Kier molecular flexibility index (Phi) is 6.21. The van der Waals surface area contributed by atoms with Crippen LogP contribution in [-0.2, 0) is 11.2 Å². The van der Waals surface area contributed by atoms with Crippen molar-refractivity contribution in [1.82, 2.24) is 4.98 Å². The van der Waals surface area contributed by atoms with Crippen molar-refractivity contribution in [2.24, 2.45) is 0 Å². The van der Waals surface area contributed by atoms with Crippen LogP contribution < -0.4 is 10.1 Å². The van der Waals surface area contributed by atoms with Gasteiger partial charge in [0.05, 0.1) is 0 Å². The third kappa shape index (κ3) is 5.17. The Morgan fingerprint density at radius 2 is 1.67 bits per heavy atom. The predicted octanol–water partition coefficient (Wildman–Crippen LogP) is 4.78. The summed E-state index contributed by atoms with van der Waals surface area (Å²) in [4.78, 5) is 16.6. The number of aryl methyl sites for hydroxylation is 1. The van der Waals surface area contributed by atoms with Gasteiger partial charge < -0.3 is 10.1 Å². The molecule has 138 valence electrons. The van der Waals surface area contributed by atoms with Crippen molar-refractivity contribution in [3.8, 4) is 5.75 Å². The molecule has 0 saturated heterocycles. The Bertz CT molecular complexity index is 876. The largest absolute Gasteiger partial charge is 0.480 e. The number of benzene rings is 2. The molecule has 1 N–H and O–H groups in total. The number of anilines is 1. The number of pyridine rings is 1. The summed E-state index contributed by atoms with van der Waals surface area (Å²) in [6.45, 7) is 3.92. The van der Waals surface area contributed by atoms with E-state index < -0.39 is 6.10 Å². The molecule has 0 aliphatic carbocycles. The number of nitrogens with one attached hydrogen (secondary N) is 1. The van der Waals surface area contributed by atoms with Crippen LogP contribution >= 0.6 is 0 Å². The zero-order chi connectivity index (χ0) is 19.1. The van der Waals surface area contributed by atoms with Crippen LogP contribution in [0.5, 0.6) is 5.75 Å². The highest BCUT2D eigenvalue weighted by Gasteiger charge is 2.19. The zero-order valence-corrected chi connectivity index (χ0v) is 15.7. The smallest absolute Gasteiger partial charge is 0.265 e. The second-order valence-corrected chi connectivity index (χ2v) is 6.50. The van der Waals surface area contributed by atoms with Crippen LogP contribution in [0.15, 0.2) is 73.1 Å². The molecule has 4 nitrogen and oxygen atoms in total. The van der Waals surface area contributed by atoms with E-state index in [0.29, 0.717) is 6.42 Å². The maximum atomic E-state index is 12.6. The SMILES string of the molecule is CC[C@H](Oc1ccccc1C)C(=O)Nc1ccc(Cc2ccncc2)cc1. The van der Waals surface area contributed by atoms with Crippen molar-refractivity contribution in [2.75, 3.05) is 5.32 Å². The van der Waals surface area contributed by atoms with Crippen LogP contribution in [0.2, 0.25) is 0 Å². The highest BCUT2D eigenvalue weighted by atomic mass is 16.5. The van der Waals surface area contributed by atoms with Crippen LogP contribution in [0.3, 0.4) is 0 Å². The molecule has 0 bridgehead atoms. The molecular weight excluding hydrogens is 336 g/mol. The highest BCUT2D eigenvalue weighted by molar-refractivity contribution is 5.94. The van der Waals surface area contributed by atoms with Crippen molar-refractivity contribution < 1.29 is 9.53 Å². The van der Waals surface area contributed by atoms with Gasteiger partial charge in [-0.3, -0.25) is 9.78 Å². The summed E-state index contributed by atoms with van der Waals surface area (Å²) in [6.07, 6.45) is 4.50. The van der Waals surface area contributed by atoms with Crippen molar-refractivity contribution in [1.29, 1.82) is 0 Å². The Balaban J connectivity index is 1.61. The number of aromatic nitrogens is 1. The molecule has 1 amide bonds. The van der Waals surface area contributed by atoms with Crippen LogP contribution in [0.4, 0.5) is 5.69 Å². The van der Waals surface area contributed by atoms with Crippen LogP contribution in [0.1, 0.15) is 30.0 Å². The Hall–Kier alpha value is -3.14. The normalized spacial score (nSPS) is 11.6. The van der Waals surface area contributed by atoms with Crippen molar-refractivity contribution >= 4 is 11.6 Å². The van der Waals surface area contributed by atoms with Gasteiger partial charge in [0, 0.05) is 18.1 Å². The van der Waals surface area contributed by atoms with Gasteiger partial charge in [0.25, 0.3) is 5.91 Å². The first-order valence-electron chi connectivity index (χ1n) is 9.16. The Morgan fingerprint density at radius 1 is 1.00 bits per heavy atom. The minimum absolute atomic E-state index is 0.136. The molecule has 3 rings (SSSR count). The molecule has 0 saturated carbocycles. The first kappa shape index (κ1) is 18.6. The van der Waals surface area contributed by atoms with E-state index in [4.69, 9.17) is 4.74 Å². The molecule has 4 heteroatoms. The maximum absolute atomic E-state index is 12.6. The summed E-state index contributed by atoms with van der Waals surface area (Å²) in [5, 5.41) is 2.95. The molecule has 0 radical (unpaired) electrons. The van der Waals surface area contributed by atoms with Crippen molar-refractivity contribution in [3.05, 3.63) is 89.7 Å². The fourth-order valence-corrected chi connectivity index (χ4v) is 2.83.